The molecular weight excluding hydrogens is 328 g/mol. The fraction of sp³-hybridized carbons (Fsp3) is 0.350. The summed E-state index contributed by atoms with van der Waals surface area (Å²) in [4.78, 5) is 32.2. The molecule has 0 unspecified atom stereocenters. The number of hydrogen-bond donors (Lipinski definition) is 1. The van der Waals surface area contributed by atoms with Crippen molar-refractivity contribution in [2.45, 2.75) is 25.2 Å². The zero-order chi connectivity index (χ0) is 18.3. The molecule has 1 aromatic heterocycles. The highest BCUT2D eigenvalue weighted by Gasteiger charge is 2.46. The fourth-order valence-electron chi connectivity index (χ4n) is 4.19. The van der Waals surface area contributed by atoms with Gasteiger partial charge in [0.05, 0.1) is 5.56 Å². The van der Waals surface area contributed by atoms with Crippen molar-refractivity contribution in [1.29, 1.82) is 0 Å². The Morgan fingerprint density at radius 2 is 1.96 bits per heavy atom. The van der Waals surface area contributed by atoms with Crippen molar-refractivity contribution in [2.24, 2.45) is 5.73 Å². The van der Waals surface area contributed by atoms with Crippen molar-refractivity contribution in [3.63, 3.8) is 0 Å². The standard InChI is InChI=1S/C20H22N4O2/c1-14-4-5-17-16(11-14)20(6-9-23(10-7-20)19(21)26)13-24(17)18(25)15-3-2-8-22-12-15/h2-5,8,11-12H,6-7,9-10,13H2,1H3,(H2,21,26). The highest BCUT2D eigenvalue weighted by atomic mass is 16.2. The molecule has 0 atom stereocenters. The fourth-order valence-corrected chi connectivity index (χ4v) is 4.19. The number of piperidine rings is 1. The number of primary amides is 1. The van der Waals surface area contributed by atoms with E-state index in [1.807, 2.05) is 17.0 Å². The number of hydrogen-bond acceptors (Lipinski definition) is 3. The van der Waals surface area contributed by atoms with Gasteiger partial charge in [-0.3, -0.25) is 9.78 Å². The predicted molar refractivity (Wildman–Crippen MR) is 99.2 cm³/mol. The normalized spacial score (nSPS) is 18.0. The van der Waals surface area contributed by atoms with E-state index < -0.39 is 0 Å². The number of aromatic nitrogens is 1. The Morgan fingerprint density at radius 1 is 1.19 bits per heavy atom. The van der Waals surface area contributed by atoms with Crippen LogP contribution in [0.15, 0.2) is 42.7 Å². The Morgan fingerprint density at radius 3 is 2.62 bits per heavy atom. The van der Waals surface area contributed by atoms with E-state index in [2.05, 4.69) is 18.0 Å². The number of carbonyl (C=O) groups excluding carboxylic acids is 2. The Kier molecular flexibility index (Phi) is 3.90. The van der Waals surface area contributed by atoms with Crippen LogP contribution in [0.2, 0.25) is 0 Å². The molecule has 3 amide bonds. The van der Waals surface area contributed by atoms with Crippen molar-refractivity contribution in [2.75, 3.05) is 24.5 Å². The first-order valence-corrected chi connectivity index (χ1v) is 8.88. The quantitative estimate of drug-likeness (QED) is 0.858. The second kappa shape index (κ2) is 6.12. The maximum Gasteiger partial charge on any atom is 0.314 e. The molecule has 0 radical (unpaired) electrons. The smallest absolute Gasteiger partial charge is 0.314 e. The van der Waals surface area contributed by atoms with Crippen LogP contribution in [-0.4, -0.2) is 41.5 Å². The molecule has 1 saturated heterocycles. The summed E-state index contributed by atoms with van der Waals surface area (Å²) in [6.45, 7) is 3.94. The highest BCUT2D eigenvalue weighted by molar-refractivity contribution is 6.07. The number of amides is 3. The Labute approximate surface area is 152 Å². The largest absolute Gasteiger partial charge is 0.351 e. The molecule has 2 aromatic rings. The van der Waals surface area contributed by atoms with E-state index >= 15 is 0 Å². The van der Waals surface area contributed by atoms with Gasteiger partial charge in [-0.15, -0.1) is 0 Å². The summed E-state index contributed by atoms with van der Waals surface area (Å²) in [5.41, 5.74) is 9.26. The van der Waals surface area contributed by atoms with Crippen LogP contribution >= 0.6 is 0 Å². The average molecular weight is 350 g/mol. The summed E-state index contributed by atoms with van der Waals surface area (Å²) in [5.74, 6) is -0.0302. The summed E-state index contributed by atoms with van der Waals surface area (Å²) in [7, 11) is 0. The summed E-state index contributed by atoms with van der Waals surface area (Å²) in [6, 6.07) is 9.47. The van der Waals surface area contributed by atoms with Crippen LogP contribution < -0.4 is 10.6 Å². The maximum atomic E-state index is 13.1. The van der Waals surface area contributed by atoms with Crippen molar-refractivity contribution in [3.8, 4) is 0 Å². The van der Waals surface area contributed by atoms with Gasteiger partial charge in [0.2, 0.25) is 0 Å². The molecule has 6 nitrogen and oxygen atoms in total. The molecule has 3 heterocycles. The average Bonchev–Trinajstić information content (AvgIpc) is 2.96. The molecular formula is C20H22N4O2. The van der Waals surface area contributed by atoms with Gasteiger partial charge in [0.15, 0.2) is 0 Å². The van der Waals surface area contributed by atoms with Gasteiger partial charge in [-0.1, -0.05) is 17.7 Å². The lowest BCUT2D eigenvalue weighted by molar-refractivity contribution is 0.0978. The molecule has 1 fully saturated rings. The Bertz CT molecular complexity index is 857. The van der Waals surface area contributed by atoms with Gasteiger partial charge in [-0.05, 0) is 43.5 Å². The molecule has 6 heteroatoms. The van der Waals surface area contributed by atoms with Crippen molar-refractivity contribution in [3.05, 3.63) is 59.4 Å². The minimum absolute atomic E-state index is 0.0302. The number of fused-ring (bicyclic) bond motifs is 2. The van der Waals surface area contributed by atoms with Crippen molar-refractivity contribution in [1.82, 2.24) is 9.88 Å². The third-order valence-electron chi connectivity index (χ3n) is 5.66. The number of nitrogens with two attached hydrogens (primary N) is 1. The zero-order valence-corrected chi connectivity index (χ0v) is 14.8. The first-order chi connectivity index (χ1) is 12.5. The third-order valence-corrected chi connectivity index (χ3v) is 5.66. The van der Waals surface area contributed by atoms with Crippen LogP contribution in [0, 0.1) is 6.92 Å². The molecule has 134 valence electrons. The summed E-state index contributed by atoms with van der Waals surface area (Å²) in [5, 5.41) is 0. The number of anilines is 1. The van der Waals surface area contributed by atoms with E-state index in [4.69, 9.17) is 5.73 Å². The monoisotopic (exact) mass is 350 g/mol. The molecule has 2 N–H and O–H groups in total. The van der Waals surface area contributed by atoms with Gasteiger partial charge in [0, 0.05) is 43.1 Å². The molecule has 4 rings (SSSR count). The second-order valence-corrected chi connectivity index (χ2v) is 7.26. The van der Waals surface area contributed by atoms with Crippen LogP contribution in [0.3, 0.4) is 0 Å². The van der Waals surface area contributed by atoms with E-state index in [1.165, 1.54) is 11.1 Å². The van der Waals surface area contributed by atoms with Gasteiger partial charge in [0.25, 0.3) is 5.91 Å². The van der Waals surface area contributed by atoms with E-state index in [9.17, 15) is 9.59 Å². The number of urea groups is 1. The van der Waals surface area contributed by atoms with Gasteiger partial charge < -0.3 is 15.5 Å². The van der Waals surface area contributed by atoms with Crippen molar-refractivity contribution >= 4 is 17.6 Å². The number of nitrogens with zero attached hydrogens (tertiary/aromatic N) is 3. The lowest BCUT2D eigenvalue weighted by atomic mass is 9.74. The number of aryl methyl sites for hydroxylation is 1. The van der Waals surface area contributed by atoms with E-state index in [1.54, 1.807) is 29.4 Å². The second-order valence-electron chi connectivity index (χ2n) is 7.26. The maximum absolute atomic E-state index is 13.1. The minimum Gasteiger partial charge on any atom is -0.351 e. The van der Waals surface area contributed by atoms with E-state index in [-0.39, 0.29) is 17.4 Å². The molecule has 0 bridgehead atoms. The van der Waals surface area contributed by atoms with Crippen LogP contribution in [-0.2, 0) is 5.41 Å². The zero-order valence-electron chi connectivity index (χ0n) is 14.8. The molecule has 0 aliphatic carbocycles. The van der Waals surface area contributed by atoms with Gasteiger partial charge in [-0.25, -0.2) is 4.79 Å². The van der Waals surface area contributed by atoms with Gasteiger partial charge >= 0.3 is 6.03 Å². The predicted octanol–water partition coefficient (Wildman–Crippen LogP) is 2.46. The number of likely N-dealkylation sites (tertiary alicyclic amines) is 1. The van der Waals surface area contributed by atoms with Crippen LogP contribution in [0.1, 0.15) is 34.3 Å². The summed E-state index contributed by atoms with van der Waals surface area (Å²) < 4.78 is 0. The molecule has 2 aliphatic heterocycles. The number of pyridine rings is 1. The Hall–Kier alpha value is -2.89. The van der Waals surface area contributed by atoms with Crippen molar-refractivity contribution < 1.29 is 9.59 Å². The topological polar surface area (TPSA) is 79.5 Å². The molecule has 2 aliphatic rings. The first-order valence-electron chi connectivity index (χ1n) is 8.88. The number of carbonyl (C=O) groups is 2. The van der Waals surface area contributed by atoms with Crippen LogP contribution in [0.5, 0.6) is 0 Å². The minimum atomic E-state index is -0.370. The molecule has 0 saturated carbocycles. The lowest BCUT2D eigenvalue weighted by Gasteiger charge is -2.39. The van der Waals surface area contributed by atoms with Crippen LogP contribution in [0.25, 0.3) is 0 Å². The molecule has 1 aromatic carbocycles. The lowest BCUT2D eigenvalue weighted by Crippen LogP contribution is -2.49. The number of rotatable bonds is 1. The van der Waals surface area contributed by atoms with E-state index in [0.29, 0.717) is 25.2 Å². The van der Waals surface area contributed by atoms with Crippen LogP contribution in [0.4, 0.5) is 10.5 Å². The van der Waals surface area contributed by atoms with E-state index in [0.717, 1.165) is 18.5 Å². The summed E-state index contributed by atoms with van der Waals surface area (Å²) >= 11 is 0. The third kappa shape index (κ3) is 2.62. The number of benzene rings is 1. The molecule has 1 spiro atoms. The van der Waals surface area contributed by atoms with Gasteiger partial charge in [0.1, 0.15) is 0 Å². The molecule has 26 heavy (non-hydrogen) atoms. The Balaban J connectivity index is 1.70. The first kappa shape index (κ1) is 16.6. The highest BCUT2D eigenvalue weighted by Crippen LogP contribution is 2.47. The van der Waals surface area contributed by atoms with Gasteiger partial charge in [-0.2, -0.15) is 0 Å². The SMILES string of the molecule is Cc1ccc2c(c1)C1(CCN(C(N)=O)CC1)CN2C(=O)c1cccnc1. The summed E-state index contributed by atoms with van der Waals surface area (Å²) in [6.07, 6.45) is 4.89.